The second kappa shape index (κ2) is 4.75. The second-order valence-electron chi connectivity index (χ2n) is 4.25. The predicted molar refractivity (Wildman–Crippen MR) is 54.8 cm³/mol. The van der Waals surface area contributed by atoms with Gasteiger partial charge in [0, 0.05) is 6.61 Å². The smallest absolute Gasteiger partial charge is 0.237 e. The molecule has 1 aliphatic heterocycles. The molecule has 0 bridgehead atoms. The van der Waals surface area contributed by atoms with Gasteiger partial charge in [-0.3, -0.25) is 4.79 Å². The summed E-state index contributed by atoms with van der Waals surface area (Å²) in [5, 5.41) is 2.92. The number of nitrogens with two attached hydrogens (primary N) is 1. The topological polar surface area (TPSA) is 64.4 Å². The minimum absolute atomic E-state index is 0.0673. The van der Waals surface area contributed by atoms with Gasteiger partial charge in [0.2, 0.25) is 5.91 Å². The van der Waals surface area contributed by atoms with Gasteiger partial charge in [0.15, 0.2) is 0 Å². The fourth-order valence-corrected chi connectivity index (χ4v) is 1.50. The molecule has 0 aliphatic carbocycles. The molecule has 1 aliphatic rings. The Hall–Kier alpha value is -0.610. The molecule has 0 aromatic rings. The first-order chi connectivity index (χ1) is 6.52. The van der Waals surface area contributed by atoms with Gasteiger partial charge < -0.3 is 15.8 Å². The van der Waals surface area contributed by atoms with Crippen molar-refractivity contribution < 1.29 is 9.53 Å². The summed E-state index contributed by atoms with van der Waals surface area (Å²) in [6, 6.07) is -0.282. The molecule has 0 saturated carbocycles. The fourth-order valence-electron chi connectivity index (χ4n) is 1.50. The number of hydrogen-bond donors (Lipinski definition) is 2. The lowest BCUT2D eigenvalue weighted by Gasteiger charge is -2.20. The molecule has 3 atom stereocenters. The molecule has 14 heavy (non-hydrogen) atoms. The number of ether oxygens (including phenoxy) is 1. The Bertz CT molecular complexity index is 206. The highest BCUT2D eigenvalue weighted by molar-refractivity contribution is 5.82. The van der Waals surface area contributed by atoms with E-state index in [-0.39, 0.29) is 24.0 Å². The molecular formula is C10H20N2O2. The van der Waals surface area contributed by atoms with E-state index >= 15 is 0 Å². The third-order valence-corrected chi connectivity index (χ3v) is 2.72. The Morgan fingerprint density at radius 2 is 2.21 bits per heavy atom. The molecular weight excluding hydrogens is 180 g/mol. The molecule has 1 rings (SSSR count). The van der Waals surface area contributed by atoms with Crippen LogP contribution in [0, 0.1) is 5.92 Å². The summed E-state index contributed by atoms with van der Waals surface area (Å²) < 4.78 is 5.35. The molecule has 4 nitrogen and oxygen atoms in total. The van der Waals surface area contributed by atoms with E-state index in [1.165, 1.54) is 0 Å². The molecule has 3 N–H and O–H groups in total. The van der Waals surface area contributed by atoms with E-state index in [9.17, 15) is 4.79 Å². The zero-order chi connectivity index (χ0) is 10.7. The van der Waals surface area contributed by atoms with Gasteiger partial charge in [-0.2, -0.15) is 0 Å². The first kappa shape index (κ1) is 11.5. The summed E-state index contributed by atoms with van der Waals surface area (Å²) in [4.78, 5) is 11.6. The van der Waals surface area contributed by atoms with E-state index in [0.717, 1.165) is 13.0 Å². The van der Waals surface area contributed by atoms with Crippen molar-refractivity contribution in [2.75, 3.05) is 6.61 Å². The largest absolute Gasteiger partial charge is 0.376 e. The molecule has 1 heterocycles. The van der Waals surface area contributed by atoms with E-state index in [4.69, 9.17) is 10.5 Å². The predicted octanol–water partition coefficient (Wildman–Crippen LogP) is 0.263. The van der Waals surface area contributed by atoms with E-state index in [1.54, 1.807) is 0 Å². The SMILES string of the molecule is CC(C)C(N)C(=O)NC1CCOC1C. The average molecular weight is 200 g/mol. The molecule has 1 amide bonds. The maximum Gasteiger partial charge on any atom is 0.237 e. The number of hydrogen-bond acceptors (Lipinski definition) is 3. The number of carbonyl (C=O) groups is 1. The quantitative estimate of drug-likeness (QED) is 0.687. The van der Waals surface area contributed by atoms with Crippen LogP contribution in [0.25, 0.3) is 0 Å². The normalized spacial score (nSPS) is 29.2. The highest BCUT2D eigenvalue weighted by atomic mass is 16.5. The summed E-state index contributed by atoms with van der Waals surface area (Å²) in [5.41, 5.74) is 5.73. The Morgan fingerprint density at radius 3 is 2.64 bits per heavy atom. The monoisotopic (exact) mass is 200 g/mol. The summed E-state index contributed by atoms with van der Waals surface area (Å²) in [6.45, 7) is 6.58. The number of nitrogens with one attached hydrogen (secondary N) is 1. The number of rotatable bonds is 3. The fraction of sp³-hybridized carbons (Fsp3) is 0.900. The zero-order valence-electron chi connectivity index (χ0n) is 9.12. The maximum atomic E-state index is 11.6. The lowest BCUT2D eigenvalue weighted by Crippen LogP contribution is -2.49. The molecule has 4 heteroatoms. The first-order valence-corrected chi connectivity index (χ1v) is 5.20. The van der Waals surface area contributed by atoms with Crippen LogP contribution in [0.5, 0.6) is 0 Å². The zero-order valence-corrected chi connectivity index (χ0v) is 9.12. The van der Waals surface area contributed by atoms with Gasteiger partial charge in [-0.05, 0) is 19.3 Å². The molecule has 82 valence electrons. The van der Waals surface area contributed by atoms with Gasteiger partial charge >= 0.3 is 0 Å². The van der Waals surface area contributed by atoms with Gasteiger partial charge in [-0.25, -0.2) is 0 Å². The minimum atomic E-state index is -0.414. The van der Waals surface area contributed by atoms with Crippen LogP contribution >= 0.6 is 0 Å². The Morgan fingerprint density at radius 1 is 1.57 bits per heavy atom. The van der Waals surface area contributed by atoms with Gasteiger partial charge in [-0.15, -0.1) is 0 Å². The van der Waals surface area contributed by atoms with Crippen molar-refractivity contribution in [1.29, 1.82) is 0 Å². The van der Waals surface area contributed by atoms with Crippen molar-refractivity contribution >= 4 is 5.91 Å². The van der Waals surface area contributed by atoms with Crippen LogP contribution in [-0.2, 0) is 9.53 Å². The standard InChI is InChI=1S/C10H20N2O2/c1-6(2)9(11)10(13)12-8-4-5-14-7(8)3/h6-9H,4-5,11H2,1-3H3,(H,12,13). The third-order valence-electron chi connectivity index (χ3n) is 2.72. The average Bonchev–Trinajstić information content (AvgIpc) is 2.50. The Kier molecular flexibility index (Phi) is 3.89. The van der Waals surface area contributed by atoms with E-state index in [2.05, 4.69) is 5.32 Å². The Labute approximate surface area is 85.2 Å². The summed E-state index contributed by atoms with van der Waals surface area (Å²) in [5.74, 6) is 0.106. The Balaban J connectivity index is 2.40. The van der Waals surface area contributed by atoms with Crippen molar-refractivity contribution in [2.45, 2.75) is 45.4 Å². The summed E-state index contributed by atoms with van der Waals surface area (Å²) >= 11 is 0. The van der Waals surface area contributed by atoms with Crippen LogP contribution in [-0.4, -0.2) is 30.7 Å². The lowest BCUT2D eigenvalue weighted by atomic mass is 10.0. The number of amides is 1. The van der Waals surface area contributed by atoms with Gasteiger partial charge in [0.25, 0.3) is 0 Å². The molecule has 1 saturated heterocycles. The molecule has 0 aromatic heterocycles. The van der Waals surface area contributed by atoms with Crippen molar-refractivity contribution in [1.82, 2.24) is 5.32 Å². The van der Waals surface area contributed by atoms with Crippen LogP contribution in [0.4, 0.5) is 0 Å². The number of carbonyl (C=O) groups excluding carboxylic acids is 1. The van der Waals surface area contributed by atoms with Gasteiger partial charge in [0.1, 0.15) is 0 Å². The molecule has 0 radical (unpaired) electrons. The molecule has 0 aromatic carbocycles. The maximum absolute atomic E-state index is 11.6. The van der Waals surface area contributed by atoms with Gasteiger partial charge in [0.05, 0.1) is 18.2 Å². The van der Waals surface area contributed by atoms with Crippen LogP contribution < -0.4 is 11.1 Å². The van der Waals surface area contributed by atoms with Crippen LogP contribution in [0.1, 0.15) is 27.2 Å². The molecule has 1 fully saturated rings. The molecule has 3 unspecified atom stereocenters. The van der Waals surface area contributed by atoms with Crippen molar-refractivity contribution in [3.63, 3.8) is 0 Å². The van der Waals surface area contributed by atoms with E-state index < -0.39 is 6.04 Å². The summed E-state index contributed by atoms with van der Waals surface area (Å²) in [6.07, 6.45) is 0.996. The van der Waals surface area contributed by atoms with Crippen molar-refractivity contribution in [2.24, 2.45) is 11.7 Å². The first-order valence-electron chi connectivity index (χ1n) is 5.20. The van der Waals surface area contributed by atoms with E-state index in [1.807, 2.05) is 20.8 Å². The van der Waals surface area contributed by atoms with Crippen LogP contribution in [0.3, 0.4) is 0 Å². The second-order valence-corrected chi connectivity index (χ2v) is 4.25. The highest BCUT2D eigenvalue weighted by Crippen LogP contribution is 2.13. The third kappa shape index (κ3) is 2.69. The van der Waals surface area contributed by atoms with Crippen LogP contribution in [0.15, 0.2) is 0 Å². The van der Waals surface area contributed by atoms with Crippen molar-refractivity contribution in [3.8, 4) is 0 Å². The van der Waals surface area contributed by atoms with Crippen molar-refractivity contribution in [3.05, 3.63) is 0 Å². The highest BCUT2D eigenvalue weighted by Gasteiger charge is 2.28. The van der Waals surface area contributed by atoms with E-state index in [0.29, 0.717) is 0 Å². The van der Waals surface area contributed by atoms with Gasteiger partial charge in [-0.1, -0.05) is 13.8 Å². The minimum Gasteiger partial charge on any atom is -0.376 e. The lowest BCUT2D eigenvalue weighted by molar-refractivity contribution is -0.124. The summed E-state index contributed by atoms with van der Waals surface area (Å²) in [7, 11) is 0. The van der Waals surface area contributed by atoms with Crippen LogP contribution in [0.2, 0.25) is 0 Å². The molecule has 0 spiro atoms.